The van der Waals surface area contributed by atoms with E-state index in [2.05, 4.69) is 45.2 Å². The third kappa shape index (κ3) is 1550. The summed E-state index contributed by atoms with van der Waals surface area (Å²) in [4.78, 5) is 0. The Hall–Kier alpha value is -1.52. The van der Waals surface area contributed by atoms with E-state index >= 15 is 0 Å². The monoisotopic (exact) mass is 148 g/mol. The molecule has 0 fully saturated rings. The van der Waals surface area contributed by atoms with E-state index < -0.39 is 0 Å². The second-order valence-corrected chi connectivity index (χ2v) is 1.19. The molecular weight excluding hydrogens is 132 g/mol. The number of rotatable bonds is 2. The minimum atomic E-state index is 1.64. The molecule has 0 heteroatoms. The number of hydrogen-bond donors (Lipinski definition) is 0. The first kappa shape index (κ1) is 16.2. The third-order valence-corrected chi connectivity index (χ3v) is 0.333. The van der Waals surface area contributed by atoms with Crippen molar-refractivity contribution in [3.05, 3.63) is 69.5 Å². The van der Waals surface area contributed by atoms with Gasteiger partial charge in [0.15, 0.2) is 0 Å². The lowest BCUT2D eigenvalue weighted by atomic mass is 10.6. The normalized spacial score (nSPS) is 4.36. The summed E-state index contributed by atoms with van der Waals surface area (Å²) in [7, 11) is 0. The lowest BCUT2D eigenvalue weighted by Crippen LogP contribution is -1.21. The molecule has 0 aromatic heterocycles. The molecule has 0 radical (unpaired) electrons. The van der Waals surface area contributed by atoms with Crippen LogP contribution in [-0.4, -0.2) is 0 Å². The van der Waals surface area contributed by atoms with Crippen molar-refractivity contribution in [2.45, 2.75) is 0 Å². The van der Waals surface area contributed by atoms with Crippen LogP contribution >= 0.6 is 0 Å². The summed E-state index contributed by atoms with van der Waals surface area (Å²) in [6.45, 7) is 19.7. The van der Waals surface area contributed by atoms with Crippen LogP contribution in [0.4, 0.5) is 0 Å². The third-order valence-electron chi connectivity index (χ3n) is 0.333. The largest absolute Gasteiger partial charge is 0.137 e. The highest BCUT2D eigenvalue weighted by molar-refractivity contribution is 4.88. The van der Waals surface area contributed by atoms with E-state index in [1.165, 1.54) is 0 Å². The van der Waals surface area contributed by atoms with Gasteiger partial charge in [0.05, 0.1) is 0 Å². The molecule has 0 saturated heterocycles. The van der Waals surface area contributed by atoms with Crippen molar-refractivity contribution in [3.8, 4) is 0 Å². The standard InChI is InChI=1S/2C4H6.C3H4/c2*1-3-4-2;1-3-2/h2*3-4H,1-2H2;1-2H2. The maximum absolute atomic E-state index is 3.36. The van der Waals surface area contributed by atoms with Crippen LogP contribution in [0.25, 0.3) is 0 Å². The predicted octanol–water partition coefficient (Wildman–Crippen LogP) is 3.67. The highest BCUT2D eigenvalue weighted by atomic mass is 13.4. The Morgan fingerprint density at radius 2 is 0.727 bits per heavy atom. The van der Waals surface area contributed by atoms with E-state index in [0.29, 0.717) is 0 Å². The van der Waals surface area contributed by atoms with Crippen LogP contribution in [0, 0.1) is 0 Å². The van der Waals surface area contributed by atoms with Crippen LogP contribution in [0.2, 0.25) is 0 Å². The molecule has 0 nitrogen and oxygen atoms in total. The summed E-state index contributed by atoms with van der Waals surface area (Å²) in [5, 5.41) is 0. The molecule has 0 spiro atoms. The molecular formula is C11H16. The zero-order chi connectivity index (χ0) is 9.54. The Labute approximate surface area is 70.3 Å². The van der Waals surface area contributed by atoms with Gasteiger partial charge in [0.2, 0.25) is 0 Å². The average Bonchev–Trinajstić information content (AvgIpc) is 2.06. The van der Waals surface area contributed by atoms with Crippen LogP contribution in [0.3, 0.4) is 0 Å². The van der Waals surface area contributed by atoms with Crippen LogP contribution in [-0.2, 0) is 0 Å². The van der Waals surface area contributed by atoms with E-state index in [9.17, 15) is 0 Å². The summed E-state index contributed by atoms with van der Waals surface area (Å²) in [6, 6.07) is 0. The first-order valence-corrected chi connectivity index (χ1v) is 3.01. The van der Waals surface area contributed by atoms with Crippen molar-refractivity contribution < 1.29 is 0 Å². The van der Waals surface area contributed by atoms with Gasteiger partial charge in [-0.25, -0.2) is 0 Å². The van der Waals surface area contributed by atoms with Gasteiger partial charge in [0, 0.05) is 0 Å². The Balaban J connectivity index is -0.0000000886. The molecule has 60 valence electrons. The Bertz CT molecular complexity index is 108. The molecule has 0 bridgehead atoms. The van der Waals surface area contributed by atoms with Crippen LogP contribution in [0.1, 0.15) is 0 Å². The molecule has 0 aromatic carbocycles. The SMILES string of the molecule is C=C=C.C=CC=C.C=CC=C. The quantitative estimate of drug-likeness (QED) is 0.414. The first-order chi connectivity index (χ1) is 5.24. The zero-order valence-corrected chi connectivity index (χ0v) is 7.05. The smallest absolute Gasteiger partial charge is 0.0572 e. The molecule has 0 amide bonds. The number of hydrogen-bond acceptors (Lipinski definition) is 0. The molecule has 0 aliphatic rings. The summed E-state index contributed by atoms with van der Waals surface area (Å²) in [5.74, 6) is 0. The highest BCUT2D eigenvalue weighted by Gasteiger charge is 1.29. The average molecular weight is 148 g/mol. The van der Waals surface area contributed by atoms with Gasteiger partial charge < -0.3 is 0 Å². The van der Waals surface area contributed by atoms with Gasteiger partial charge in [0.1, 0.15) is 0 Å². The van der Waals surface area contributed by atoms with Crippen LogP contribution in [0.15, 0.2) is 69.5 Å². The zero-order valence-electron chi connectivity index (χ0n) is 7.05. The minimum absolute atomic E-state index is 1.64. The molecule has 11 heavy (non-hydrogen) atoms. The Morgan fingerprint density at radius 1 is 0.636 bits per heavy atom. The molecule has 0 aliphatic heterocycles. The Morgan fingerprint density at radius 3 is 0.727 bits per heavy atom. The van der Waals surface area contributed by atoms with Gasteiger partial charge in [-0.3, -0.25) is 0 Å². The second kappa shape index (κ2) is 39.2. The van der Waals surface area contributed by atoms with Gasteiger partial charge >= 0.3 is 0 Å². The maximum Gasteiger partial charge on any atom is -0.0572 e. The molecule has 0 heterocycles. The van der Waals surface area contributed by atoms with Crippen molar-refractivity contribution in [2.75, 3.05) is 0 Å². The predicted molar refractivity (Wildman–Crippen MR) is 55.6 cm³/mol. The van der Waals surface area contributed by atoms with Crippen LogP contribution in [0.5, 0.6) is 0 Å². The van der Waals surface area contributed by atoms with Crippen molar-refractivity contribution in [1.82, 2.24) is 0 Å². The summed E-state index contributed by atoms with van der Waals surface area (Å²) >= 11 is 0. The molecule has 0 unspecified atom stereocenters. The van der Waals surface area contributed by atoms with Crippen molar-refractivity contribution in [3.63, 3.8) is 0 Å². The molecule has 0 atom stereocenters. The van der Waals surface area contributed by atoms with Gasteiger partial charge in [-0.15, -0.1) is 5.73 Å². The van der Waals surface area contributed by atoms with Crippen molar-refractivity contribution >= 4 is 0 Å². The molecule has 0 saturated carbocycles. The van der Waals surface area contributed by atoms with Crippen molar-refractivity contribution in [1.29, 1.82) is 0 Å². The van der Waals surface area contributed by atoms with E-state index in [1.54, 1.807) is 24.3 Å². The van der Waals surface area contributed by atoms with E-state index in [4.69, 9.17) is 0 Å². The van der Waals surface area contributed by atoms with Gasteiger partial charge in [-0.2, -0.15) is 0 Å². The summed E-state index contributed by atoms with van der Waals surface area (Å²) in [6.07, 6.45) is 6.56. The lowest BCUT2D eigenvalue weighted by molar-refractivity contribution is 2.15. The van der Waals surface area contributed by atoms with Gasteiger partial charge in [-0.05, 0) is 0 Å². The lowest BCUT2D eigenvalue weighted by Gasteiger charge is -1.44. The molecule has 0 N–H and O–H groups in total. The fourth-order valence-electron chi connectivity index (χ4n) is 0. The molecule has 0 aromatic rings. The van der Waals surface area contributed by atoms with Gasteiger partial charge in [-0.1, -0.05) is 63.8 Å². The fraction of sp³-hybridized carbons (Fsp3) is 0. The second-order valence-electron chi connectivity index (χ2n) is 1.19. The summed E-state index contributed by atoms with van der Waals surface area (Å²) in [5.41, 5.74) is 2.25. The summed E-state index contributed by atoms with van der Waals surface area (Å²) < 4.78 is 0. The van der Waals surface area contributed by atoms with Gasteiger partial charge in [0.25, 0.3) is 0 Å². The Kier molecular flexibility index (Phi) is 57.8. The fourth-order valence-corrected chi connectivity index (χ4v) is 0. The topological polar surface area (TPSA) is 0 Å². The minimum Gasteiger partial charge on any atom is -0.137 e. The highest BCUT2D eigenvalue weighted by Crippen LogP contribution is 1.53. The van der Waals surface area contributed by atoms with E-state index in [1.807, 2.05) is 0 Å². The first-order valence-electron chi connectivity index (χ1n) is 3.01. The van der Waals surface area contributed by atoms with E-state index in [-0.39, 0.29) is 0 Å². The number of allylic oxidation sites excluding steroid dienone is 4. The maximum atomic E-state index is 3.36. The van der Waals surface area contributed by atoms with Crippen LogP contribution < -0.4 is 0 Å². The van der Waals surface area contributed by atoms with E-state index in [0.717, 1.165) is 0 Å². The van der Waals surface area contributed by atoms with Crippen molar-refractivity contribution in [2.24, 2.45) is 0 Å². The molecule has 0 rings (SSSR count). The molecule has 0 aliphatic carbocycles.